The fraction of sp³-hybridized carbons (Fsp3) is 0.455. The Balaban J connectivity index is 1.82. The highest BCUT2D eigenvalue weighted by molar-refractivity contribution is 5.38. The van der Waals surface area contributed by atoms with Crippen LogP contribution in [0.1, 0.15) is 23.6 Å². The normalized spacial score (nSPS) is 30.2. The van der Waals surface area contributed by atoms with Gasteiger partial charge in [-0.1, -0.05) is 49.4 Å². The number of aryl methyl sites for hydroxylation is 1. The molecule has 0 amide bonds. The molecule has 28 heavy (non-hydrogen) atoms. The lowest BCUT2D eigenvalue weighted by Gasteiger charge is -2.43. The number of hydrogen-bond donors (Lipinski definition) is 5. The second-order valence-corrected chi connectivity index (χ2v) is 7.35. The lowest BCUT2D eigenvalue weighted by Crippen LogP contribution is -2.63. The van der Waals surface area contributed by atoms with E-state index >= 15 is 0 Å². The Morgan fingerprint density at radius 1 is 0.786 bits per heavy atom. The molecule has 0 radical (unpaired) electrons. The zero-order chi connectivity index (χ0) is 20.3. The van der Waals surface area contributed by atoms with Crippen molar-refractivity contribution < 1.29 is 30.3 Å². The quantitative estimate of drug-likeness (QED) is 0.497. The van der Waals surface area contributed by atoms with Crippen LogP contribution in [0.15, 0.2) is 48.5 Å². The minimum absolute atomic E-state index is 0.477. The predicted octanol–water partition coefficient (Wildman–Crippen LogP) is 0.653. The minimum atomic E-state index is -1.51. The maximum Gasteiger partial charge on any atom is 0.153 e. The summed E-state index contributed by atoms with van der Waals surface area (Å²) < 4.78 is 5.90. The summed E-state index contributed by atoms with van der Waals surface area (Å²) in [4.78, 5) is 0. The molecule has 6 atom stereocenters. The fourth-order valence-corrected chi connectivity index (χ4v) is 3.68. The minimum Gasteiger partial charge on any atom is -0.485 e. The smallest absolute Gasteiger partial charge is 0.153 e. The first-order valence-corrected chi connectivity index (χ1v) is 9.61. The van der Waals surface area contributed by atoms with Crippen molar-refractivity contribution >= 4 is 0 Å². The number of rotatable bonds is 6. The average molecular weight is 388 g/mol. The van der Waals surface area contributed by atoms with Crippen molar-refractivity contribution in [3.63, 3.8) is 0 Å². The van der Waals surface area contributed by atoms with Gasteiger partial charge in [0.15, 0.2) is 6.10 Å². The van der Waals surface area contributed by atoms with Gasteiger partial charge >= 0.3 is 0 Å². The molecule has 0 heterocycles. The summed E-state index contributed by atoms with van der Waals surface area (Å²) in [6.45, 7) is 1.57. The van der Waals surface area contributed by atoms with E-state index in [-0.39, 0.29) is 0 Å². The number of aliphatic hydroxyl groups is 5. The zero-order valence-corrected chi connectivity index (χ0v) is 15.8. The second-order valence-electron chi connectivity index (χ2n) is 7.35. The van der Waals surface area contributed by atoms with E-state index in [1.54, 1.807) is 12.1 Å². The number of hydrogen-bond acceptors (Lipinski definition) is 6. The Labute approximate surface area is 164 Å². The van der Waals surface area contributed by atoms with E-state index in [9.17, 15) is 25.5 Å². The molecule has 1 fully saturated rings. The monoisotopic (exact) mass is 388 g/mol. The summed E-state index contributed by atoms with van der Waals surface area (Å²) in [5.74, 6) is -0.525. The van der Waals surface area contributed by atoms with E-state index in [1.807, 2.05) is 12.1 Å². The van der Waals surface area contributed by atoms with E-state index in [1.165, 1.54) is 5.56 Å². The fourth-order valence-electron chi connectivity index (χ4n) is 3.68. The number of benzene rings is 2. The Bertz CT molecular complexity index is 762. The highest BCUT2D eigenvalue weighted by atomic mass is 16.5. The van der Waals surface area contributed by atoms with Crippen molar-refractivity contribution in [3.05, 3.63) is 65.2 Å². The molecule has 0 spiro atoms. The summed E-state index contributed by atoms with van der Waals surface area (Å²) in [6, 6.07) is 15.6. The third-order valence-electron chi connectivity index (χ3n) is 5.52. The molecule has 3 rings (SSSR count). The van der Waals surface area contributed by atoms with Gasteiger partial charge in [-0.3, -0.25) is 0 Å². The Morgan fingerprint density at radius 3 is 2.07 bits per heavy atom. The van der Waals surface area contributed by atoms with Crippen LogP contribution in [0.25, 0.3) is 0 Å². The van der Waals surface area contributed by atoms with E-state index < -0.39 is 43.0 Å². The summed E-state index contributed by atoms with van der Waals surface area (Å²) in [5.41, 5.74) is 3.22. The largest absolute Gasteiger partial charge is 0.485 e. The van der Waals surface area contributed by atoms with Crippen molar-refractivity contribution in [2.75, 3.05) is 6.61 Å². The molecule has 0 unspecified atom stereocenters. The van der Waals surface area contributed by atoms with E-state index in [2.05, 4.69) is 31.2 Å². The molecule has 0 aromatic heterocycles. The van der Waals surface area contributed by atoms with E-state index in [4.69, 9.17) is 4.74 Å². The highest BCUT2D eigenvalue weighted by Crippen LogP contribution is 2.31. The average Bonchev–Trinajstić information content (AvgIpc) is 2.72. The molecule has 0 aliphatic heterocycles. The van der Waals surface area contributed by atoms with E-state index in [0.29, 0.717) is 12.2 Å². The molecule has 6 heteroatoms. The first kappa shape index (κ1) is 20.8. The lowest BCUT2D eigenvalue weighted by molar-refractivity contribution is -0.202. The summed E-state index contributed by atoms with van der Waals surface area (Å²) in [7, 11) is 0. The van der Waals surface area contributed by atoms with Crippen LogP contribution in [0, 0.1) is 5.92 Å². The molecule has 1 aliphatic rings. The van der Waals surface area contributed by atoms with Crippen molar-refractivity contribution in [2.45, 2.75) is 50.3 Å². The molecule has 0 bridgehead atoms. The molecule has 6 nitrogen and oxygen atoms in total. The van der Waals surface area contributed by atoms with Gasteiger partial charge in [0.25, 0.3) is 0 Å². The Morgan fingerprint density at radius 2 is 1.43 bits per heavy atom. The number of para-hydroxylation sites is 1. The maximum atomic E-state index is 10.5. The van der Waals surface area contributed by atoms with Gasteiger partial charge in [0.1, 0.15) is 24.1 Å². The summed E-state index contributed by atoms with van der Waals surface area (Å²) >= 11 is 0. The third-order valence-corrected chi connectivity index (χ3v) is 5.52. The molecule has 1 saturated carbocycles. The van der Waals surface area contributed by atoms with Crippen LogP contribution in [-0.4, -0.2) is 62.7 Å². The molecule has 0 saturated heterocycles. The standard InChI is InChI=1S/C22H28O6/c1-2-13-7-9-14(10-8-13)11-15-5-3-4-6-17(15)28-22-19(25)16(12-23)18(24)20(26)21(22)27/h3-10,16,18-27H,2,11-12H2,1H3/t16-,18-,19+,20+,21-,22-/m1/s1. The second kappa shape index (κ2) is 9.03. The lowest BCUT2D eigenvalue weighted by atomic mass is 9.78. The topological polar surface area (TPSA) is 110 Å². The Hall–Kier alpha value is -1.96. The number of aliphatic hydroxyl groups excluding tert-OH is 5. The Kier molecular flexibility index (Phi) is 6.69. The van der Waals surface area contributed by atoms with Gasteiger partial charge in [-0.15, -0.1) is 0 Å². The van der Waals surface area contributed by atoms with Gasteiger partial charge in [0.2, 0.25) is 0 Å². The van der Waals surface area contributed by atoms with Gasteiger partial charge in [0.05, 0.1) is 12.7 Å². The SMILES string of the molecule is CCc1ccc(Cc2ccccc2O[C@H]2[C@H](O)[C@@H](O)[C@H](O)[C@@H](CO)[C@@H]2O)cc1. The first-order chi connectivity index (χ1) is 13.5. The summed E-state index contributed by atoms with van der Waals surface area (Å²) in [5, 5.41) is 50.3. The molecule has 2 aromatic rings. The van der Waals surface area contributed by atoms with Crippen LogP contribution in [0.4, 0.5) is 0 Å². The molecular weight excluding hydrogens is 360 g/mol. The van der Waals surface area contributed by atoms with Crippen LogP contribution >= 0.6 is 0 Å². The predicted molar refractivity (Wildman–Crippen MR) is 104 cm³/mol. The van der Waals surface area contributed by atoms with Crippen LogP contribution in [0.3, 0.4) is 0 Å². The molecule has 1 aliphatic carbocycles. The highest BCUT2D eigenvalue weighted by Gasteiger charge is 2.50. The van der Waals surface area contributed by atoms with Crippen LogP contribution in [0.5, 0.6) is 5.75 Å². The van der Waals surface area contributed by atoms with Gasteiger partial charge in [-0.25, -0.2) is 0 Å². The van der Waals surface area contributed by atoms with Crippen LogP contribution in [-0.2, 0) is 12.8 Å². The molecule has 5 N–H and O–H groups in total. The third kappa shape index (κ3) is 4.21. The van der Waals surface area contributed by atoms with Crippen molar-refractivity contribution in [1.82, 2.24) is 0 Å². The van der Waals surface area contributed by atoms with Gasteiger partial charge < -0.3 is 30.3 Å². The van der Waals surface area contributed by atoms with Crippen LogP contribution in [0.2, 0.25) is 0 Å². The van der Waals surface area contributed by atoms with Crippen molar-refractivity contribution in [1.29, 1.82) is 0 Å². The van der Waals surface area contributed by atoms with Gasteiger partial charge in [-0.05, 0) is 29.2 Å². The van der Waals surface area contributed by atoms with Crippen LogP contribution < -0.4 is 4.74 Å². The molecule has 152 valence electrons. The maximum absolute atomic E-state index is 10.5. The first-order valence-electron chi connectivity index (χ1n) is 9.61. The zero-order valence-electron chi connectivity index (χ0n) is 15.8. The summed E-state index contributed by atoms with van der Waals surface area (Å²) in [6.07, 6.45) is -5.34. The number of ether oxygens (including phenoxy) is 1. The van der Waals surface area contributed by atoms with Gasteiger partial charge in [0, 0.05) is 12.3 Å². The van der Waals surface area contributed by atoms with E-state index in [0.717, 1.165) is 17.5 Å². The van der Waals surface area contributed by atoms with Crippen molar-refractivity contribution in [3.8, 4) is 5.75 Å². The molecule has 2 aromatic carbocycles. The van der Waals surface area contributed by atoms with Crippen molar-refractivity contribution in [2.24, 2.45) is 5.92 Å². The van der Waals surface area contributed by atoms with Gasteiger partial charge in [-0.2, -0.15) is 0 Å². The molecular formula is C22H28O6.